The van der Waals surface area contributed by atoms with Crippen LogP contribution in [0, 0.1) is 5.82 Å². The largest absolute Gasteiger partial charge is 0.454 e. The van der Waals surface area contributed by atoms with Gasteiger partial charge in [0.25, 0.3) is 0 Å². The lowest BCUT2D eigenvalue weighted by Gasteiger charge is -2.14. The first-order valence-electron chi connectivity index (χ1n) is 9.41. The topological polar surface area (TPSA) is 77.0 Å². The van der Waals surface area contributed by atoms with Crippen LogP contribution in [-0.2, 0) is 13.1 Å². The van der Waals surface area contributed by atoms with Crippen LogP contribution in [0.1, 0.15) is 11.1 Å². The predicted molar refractivity (Wildman–Crippen MR) is 110 cm³/mol. The van der Waals surface area contributed by atoms with Crippen LogP contribution in [0.3, 0.4) is 0 Å². The van der Waals surface area contributed by atoms with E-state index in [2.05, 4.69) is 20.6 Å². The van der Waals surface area contributed by atoms with Crippen LogP contribution in [0.15, 0.2) is 65.8 Å². The van der Waals surface area contributed by atoms with Gasteiger partial charge in [0.05, 0.1) is 0 Å². The van der Waals surface area contributed by atoms with E-state index in [1.165, 1.54) is 12.1 Å². The van der Waals surface area contributed by atoms with Crippen LogP contribution in [-0.4, -0.2) is 24.8 Å². The number of pyridine rings is 1. The molecule has 0 bridgehead atoms. The Kier molecular flexibility index (Phi) is 5.93. The summed E-state index contributed by atoms with van der Waals surface area (Å²) in [6.45, 7) is 1.25. The minimum absolute atomic E-state index is 0.251. The van der Waals surface area contributed by atoms with Crippen molar-refractivity contribution < 1.29 is 18.6 Å². The Hall–Kier alpha value is -3.81. The molecule has 30 heavy (non-hydrogen) atoms. The summed E-state index contributed by atoms with van der Waals surface area (Å²) in [5.74, 6) is 2.54. The van der Waals surface area contributed by atoms with Gasteiger partial charge in [0.1, 0.15) is 11.6 Å². The van der Waals surface area contributed by atoms with Gasteiger partial charge in [0.2, 0.25) is 12.7 Å². The third kappa shape index (κ3) is 4.78. The number of aliphatic imine (C=N–C) groups is 1. The maximum atomic E-state index is 13.4. The van der Waals surface area contributed by atoms with Crippen molar-refractivity contribution in [3.05, 3.63) is 77.7 Å². The van der Waals surface area contributed by atoms with E-state index < -0.39 is 0 Å². The van der Waals surface area contributed by atoms with Crippen molar-refractivity contribution in [2.75, 3.05) is 13.8 Å². The number of aromatic nitrogens is 1. The number of halogens is 1. The molecule has 0 fully saturated rings. The van der Waals surface area contributed by atoms with E-state index in [1.54, 1.807) is 25.4 Å². The van der Waals surface area contributed by atoms with E-state index in [9.17, 15) is 4.39 Å². The number of rotatable bonds is 6. The van der Waals surface area contributed by atoms with Gasteiger partial charge in [-0.15, -0.1) is 0 Å². The van der Waals surface area contributed by atoms with Gasteiger partial charge in [-0.3, -0.25) is 4.99 Å². The minimum atomic E-state index is -0.365. The zero-order valence-corrected chi connectivity index (χ0v) is 16.4. The van der Waals surface area contributed by atoms with Crippen LogP contribution in [0.2, 0.25) is 0 Å². The summed E-state index contributed by atoms with van der Waals surface area (Å²) in [4.78, 5) is 8.51. The fourth-order valence-corrected chi connectivity index (χ4v) is 2.93. The Labute approximate surface area is 173 Å². The fourth-order valence-electron chi connectivity index (χ4n) is 2.93. The molecule has 2 heterocycles. The fraction of sp³-hybridized carbons (Fsp3) is 0.182. The van der Waals surface area contributed by atoms with Gasteiger partial charge in [0, 0.05) is 38.0 Å². The first-order chi connectivity index (χ1) is 14.7. The number of nitrogens with one attached hydrogen (secondary N) is 2. The number of guanidine groups is 1. The van der Waals surface area contributed by atoms with Crippen molar-refractivity contribution >= 4 is 5.96 Å². The molecule has 4 rings (SSSR count). The Bertz CT molecular complexity index is 1060. The summed E-state index contributed by atoms with van der Waals surface area (Å²) in [6.07, 6.45) is 1.63. The highest BCUT2D eigenvalue weighted by atomic mass is 19.1. The molecule has 0 aliphatic carbocycles. The zero-order chi connectivity index (χ0) is 20.8. The van der Waals surface area contributed by atoms with Gasteiger partial charge in [-0.05, 0) is 35.9 Å². The second kappa shape index (κ2) is 9.13. The number of hydrogen-bond acceptors (Lipinski definition) is 5. The Balaban J connectivity index is 1.36. The SMILES string of the molecule is CN=C(NCc1ccc2c(c1)OCO2)NCc1cccnc1Oc1cccc(F)c1. The minimum Gasteiger partial charge on any atom is -0.454 e. The number of benzene rings is 2. The van der Waals surface area contributed by atoms with Crippen molar-refractivity contribution in [3.63, 3.8) is 0 Å². The average Bonchev–Trinajstić information content (AvgIpc) is 3.23. The zero-order valence-electron chi connectivity index (χ0n) is 16.4. The van der Waals surface area contributed by atoms with E-state index in [-0.39, 0.29) is 12.6 Å². The second-order valence-electron chi connectivity index (χ2n) is 6.49. The Morgan fingerprint density at radius 1 is 1.07 bits per heavy atom. The number of fused-ring (bicyclic) bond motifs is 1. The van der Waals surface area contributed by atoms with Gasteiger partial charge in [-0.25, -0.2) is 9.37 Å². The third-order valence-corrected chi connectivity index (χ3v) is 4.43. The molecule has 0 radical (unpaired) electrons. The molecular weight excluding hydrogens is 387 g/mol. The second-order valence-corrected chi connectivity index (χ2v) is 6.49. The Morgan fingerprint density at radius 3 is 2.80 bits per heavy atom. The highest BCUT2D eigenvalue weighted by Gasteiger charge is 2.13. The molecule has 2 aromatic carbocycles. The predicted octanol–water partition coefficient (Wildman–Crippen LogP) is 3.61. The molecule has 8 heteroatoms. The van der Waals surface area contributed by atoms with Gasteiger partial charge in [-0.2, -0.15) is 0 Å². The summed E-state index contributed by atoms with van der Waals surface area (Å²) >= 11 is 0. The van der Waals surface area contributed by atoms with E-state index >= 15 is 0 Å². The maximum absolute atomic E-state index is 13.4. The molecule has 0 unspecified atom stereocenters. The standard InChI is InChI=1S/C22H21FN4O3/c1-24-22(26-12-15-7-8-19-20(10-15)29-14-28-19)27-13-16-4-3-9-25-21(16)30-18-6-2-5-17(23)11-18/h2-11H,12-14H2,1H3,(H2,24,26,27). The lowest BCUT2D eigenvalue weighted by atomic mass is 10.2. The molecule has 0 saturated carbocycles. The molecule has 0 spiro atoms. The first-order valence-corrected chi connectivity index (χ1v) is 9.41. The summed E-state index contributed by atoms with van der Waals surface area (Å²) in [5, 5.41) is 6.49. The average molecular weight is 408 g/mol. The van der Waals surface area contributed by atoms with Crippen molar-refractivity contribution in [3.8, 4) is 23.1 Å². The quantitative estimate of drug-likeness (QED) is 0.479. The molecule has 0 atom stereocenters. The first kappa shape index (κ1) is 19.5. The van der Waals surface area contributed by atoms with Gasteiger partial charge < -0.3 is 24.8 Å². The summed E-state index contributed by atoms with van der Waals surface area (Å²) in [7, 11) is 1.70. The normalized spacial score (nSPS) is 12.5. The molecule has 1 aliphatic heterocycles. The lowest BCUT2D eigenvalue weighted by Crippen LogP contribution is -2.36. The van der Waals surface area contributed by atoms with Gasteiger partial charge in [-0.1, -0.05) is 18.2 Å². The molecule has 0 saturated heterocycles. The number of hydrogen-bond donors (Lipinski definition) is 2. The number of nitrogens with zero attached hydrogens (tertiary/aromatic N) is 2. The molecule has 2 N–H and O–H groups in total. The van der Waals surface area contributed by atoms with Crippen molar-refractivity contribution in [1.29, 1.82) is 0 Å². The molecule has 7 nitrogen and oxygen atoms in total. The van der Waals surface area contributed by atoms with Crippen molar-refractivity contribution in [2.24, 2.45) is 4.99 Å². The summed E-state index contributed by atoms with van der Waals surface area (Å²) in [6, 6.07) is 15.5. The maximum Gasteiger partial charge on any atom is 0.231 e. The molecule has 3 aromatic rings. The van der Waals surface area contributed by atoms with Crippen LogP contribution in [0.4, 0.5) is 4.39 Å². The van der Waals surface area contributed by atoms with Crippen molar-refractivity contribution in [1.82, 2.24) is 15.6 Å². The van der Waals surface area contributed by atoms with Crippen molar-refractivity contribution in [2.45, 2.75) is 13.1 Å². The van der Waals surface area contributed by atoms with E-state index in [1.807, 2.05) is 30.3 Å². The van der Waals surface area contributed by atoms with E-state index in [0.717, 1.165) is 22.6 Å². The highest BCUT2D eigenvalue weighted by molar-refractivity contribution is 5.79. The van der Waals surface area contributed by atoms with Crippen LogP contribution in [0.5, 0.6) is 23.1 Å². The molecule has 1 aromatic heterocycles. The van der Waals surface area contributed by atoms with E-state index in [4.69, 9.17) is 14.2 Å². The van der Waals surface area contributed by atoms with Crippen LogP contribution in [0.25, 0.3) is 0 Å². The molecule has 154 valence electrons. The van der Waals surface area contributed by atoms with E-state index in [0.29, 0.717) is 30.7 Å². The van der Waals surface area contributed by atoms with Crippen LogP contribution >= 0.6 is 0 Å². The monoisotopic (exact) mass is 408 g/mol. The third-order valence-electron chi connectivity index (χ3n) is 4.43. The highest BCUT2D eigenvalue weighted by Crippen LogP contribution is 2.32. The smallest absolute Gasteiger partial charge is 0.231 e. The Morgan fingerprint density at radius 2 is 1.93 bits per heavy atom. The summed E-state index contributed by atoms with van der Waals surface area (Å²) < 4.78 is 29.9. The molecule has 0 amide bonds. The number of ether oxygens (including phenoxy) is 3. The van der Waals surface area contributed by atoms with Gasteiger partial charge in [0.15, 0.2) is 17.5 Å². The summed E-state index contributed by atoms with van der Waals surface area (Å²) in [5.41, 5.74) is 1.85. The molecule has 1 aliphatic rings. The molecular formula is C22H21FN4O3. The lowest BCUT2D eigenvalue weighted by molar-refractivity contribution is 0.174. The van der Waals surface area contributed by atoms with Crippen LogP contribution < -0.4 is 24.8 Å². The van der Waals surface area contributed by atoms with Gasteiger partial charge >= 0.3 is 0 Å².